The number of morpholine rings is 1. The van der Waals surface area contributed by atoms with Crippen LogP contribution in [0.15, 0.2) is 24.3 Å². The Kier molecular flexibility index (Phi) is 4.58. The molecule has 1 aromatic carbocycles. The summed E-state index contributed by atoms with van der Waals surface area (Å²) in [5, 5.41) is 12.9. The van der Waals surface area contributed by atoms with Gasteiger partial charge < -0.3 is 9.64 Å². The third kappa shape index (κ3) is 3.08. The molecule has 2 fully saturated rings. The molecule has 128 valence electrons. The van der Waals surface area contributed by atoms with Crippen molar-refractivity contribution in [2.24, 2.45) is 0 Å². The molecule has 2 aromatic rings. The summed E-state index contributed by atoms with van der Waals surface area (Å²) < 4.78 is 7.68. The highest BCUT2D eigenvalue weighted by Crippen LogP contribution is 2.31. The van der Waals surface area contributed by atoms with Crippen LogP contribution in [0, 0.1) is 6.92 Å². The predicted octanol–water partition coefficient (Wildman–Crippen LogP) is 1.10. The average Bonchev–Trinajstić information content (AvgIpc) is 3.29. The maximum absolute atomic E-state index is 5.57. The van der Waals surface area contributed by atoms with Gasteiger partial charge in [-0.05, 0) is 30.2 Å². The van der Waals surface area contributed by atoms with Crippen molar-refractivity contribution in [3.8, 4) is 0 Å². The van der Waals surface area contributed by atoms with Crippen molar-refractivity contribution in [2.75, 3.05) is 26.3 Å². The Bertz CT molecular complexity index is 656. The number of nitrogens with zero attached hydrogens (tertiary/aromatic N) is 4. The molecule has 24 heavy (non-hydrogen) atoms. The number of aryl methyl sites for hydroxylation is 1. The number of quaternary nitrogens is 1. The van der Waals surface area contributed by atoms with Crippen molar-refractivity contribution in [1.82, 2.24) is 20.2 Å². The summed E-state index contributed by atoms with van der Waals surface area (Å²) in [4.78, 5) is 1.50. The molecule has 1 aromatic heterocycles. The van der Waals surface area contributed by atoms with Gasteiger partial charge in [0, 0.05) is 5.56 Å². The normalized spacial score (nSPS) is 21.2. The van der Waals surface area contributed by atoms with Crippen molar-refractivity contribution < 1.29 is 9.64 Å². The second-order valence-corrected chi connectivity index (χ2v) is 7.03. The van der Waals surface area contributed by atoms with E-state index in [1.165, 1.54) is 41.7 Å². The van der Waals surface area contributed by atoms with Gasteiger partial charge in [0.1, 0.15) is 13.1 Å². The lowest BCUT2D eigenvalue weighted by Gasteiger charge is -2.31. The first kappa shape index (κ1) is 15.7. The number of ether oxygens (including phenoxy) is 1. The fourth-order valence-corrected chi connectivity index (χ4v) is 4.05. The van der Waals surface area contributed by atoms with Crippen LogP contribution < -0.4 is 4.90 Å². The summed E-state index contributed by atoms with van der Waals surface area (Å²) in [6.45, 7) is 5.74. The number of benzene rings is 1. The van der Waals surface area contributed by atoms with Gasteiger partial charge in [-0.25, -0.2) is 4.68 Å². The first-order valence-electron chi connectivity index (χ1n) is 9.09. The molecule has 1 aliphatic heterocycles. The van der Waals surface area contributed by atoms with Crippen LogP contribution >= 0.6 is 0 Å². The fraction of sp³-hybridized carbons (Fsp3) is 0.611. The lowest BCUT2D eigenvalue weighted by molar-refractivity contribution is -0.933. The molecule has 0 amide bonds. The quantitative estimate of drug-likeness (QED) is 0.913. The molecule has 6 heteroatoms. The number of hydrogen-bond acceptors (Lipinski definition) is 4. The van der Waals surface area contributed by atoms with E-state index in [1.54, 1.807) is 0 Å². The second-order valence-electron chi connectivity index (χ2n) is 7.03. The van der Waals surface area contributed by atoms with E-state index in [2.05, 4.69) is 51.4 Å². The number of rotatable bonds is 4. The first-order chi connectivity index (χ1) is 11.8. The minimum atomic E-state index is 0.185. The lowest BCUT2D eigenvalue weighted by Crippen LogP contribution is -3.14. The number of tetrazole rings is 1. The van der Waals surface area contributed by atoms with Gasteiger partial charge >= 0.3 is 0 Å². The number of aromatic nitrogens is 4. The van der Waals surface area contributed by atoms with Crippen molar-refractivity contribution >= 4 is 0 Å². The van der Waals surface area contributed by atoms with E-state index in [0.717, 1.165) is 32.1 Å². The van der Waals surface area contributed by atoms with Crippen molar-refractivity contribution in [2.45, 2.75) is 44.7 Å². The van der Waals surface area contributed by atoms with Crippen LogP contribution in [0.2, 0.25) is 0 Å². The minimum Gasteiger partial charge on any atom is -0.370 e. The lowest BCUT2D eigenvalue weighted by atomic mass is 10.0. The van der Waals surface area contributed by atoms with Crippen molar-refractivity contribution in [3.05, 3.63) is 41.2 Å². The standard InChI is InChI=1S/C18H25N5O/c1-14-6-8-15(9-7-14)17(22-10-12-24-13-11-22)18-19-20-21-23(18)16-4-2-3-5-16/h6-9,16-17H,2-5,10-13H2,1H3/p+1/t17-/m0/s1. The summed E-state index contributed by atoms with van der Waals surface area (Å²) in [5.41, 5.74) is 2.58. The Morgan fingerprint density at radius 3 is 2.54 bits per heavy atom. The molecule has 2 heterocycles. The molecule has 0 bridgehead atoms. The maximum Gasteiger partial charge on any atom is 0.214 e. The Balaban J connectivity index is 1.72. The molecule has 4 rings (SSSR count). The van der Waals surface area contributed by atoms with E-state index < -0.39 is 0 Å². The highest BCUT2D eigenvalue weighted by Gasteiger charge is 2.34. The van der Waals surface area contributed by atoms with Gasteiger partial charge in [-0.3, -0.25) is 0 Å². The highest BCUT2D eigenvalue weighted by molar-refractivity contribution is 5.26. The molecule has 0 spiro atoms. The molecule has 0 radical (unpaired) electrons. The van der Waals surface area contributed by atoms with Crippen LogP contribution in [0.25, 0.3) is 0 Å². The van der Waals surface area contributed by atoms with Crippen LogP contribution in [0.1, 0.15) is 54.7 Å². The summed E-state index contributed by atoms with van der Waals surface area (Å²) in [6.07, 6.45) is 4.95. The van der Waals surface area contributed by atoms with Crippen molar-refractivity contribution in [3.63, 3.8) is 0 Å². The predicted molar refractivity (Wildman–Crippen MR) is 89.9 cm³/mol. The Labute approximate surface area is 142 Å². The summed E-state index contributed by atoms with van der Waals surface area (Å²) in [6, 6.07) is 9.48. The number of hydrogen-bond donors (Lipinski definition) is 1. The van der Waals surface area contributed by atoms with E-state index in [9.17, 15) is 0 Å². The monoisotopic (exact) mass is 328 g/mol. The molecule has 0 unspecified atom stereocenters. The SMILES string of the molecule is Cc1ccc([C@@H](c2nnnn2C2CCCC2)[NH+]2CCOCC2)cc1. The Morgan fingerprint density at radius 2 is 1.83 bits per heavy atom. The minimum absolute atomic E-state index is 0.185. The molecule has 1 atom stereocenters. The third-order valence-corrected chi connectivity index (χ3v) is 5.40. The molecule has 1 N–H and O–H groups in total. The average molecular weight is 328 g/mol. The van der Waals surface area contributed by atoms with Crippen LogP contribution in [0.4, 0.5) is 0 Å². The molecular formula is C18H26N5O+. The van der Waals surface area contributed by atoms with Gasteiger partial charge in [0.2, 0.25) is 5.82 Å². The molecule has 1 saturated carbocycles. The zero-order chi connectivity index (χ0) is 16.4. The van der Waals surface area contributed by atoms with E-state index in [1.807, 2.05) is 0 Å². The molecule has 1 aliphatic carbocycles. The maximum atomic E-state index is 5.57. The summed E-state index contributed by atoms with van der Waals surface area (Å²) in [5.74, 6) is 1.02. The molecule has 6 nitrogen and oxygen atoms in total. The van der Waals surface area contributed by atoms with Gasteiger partial charge in [-0.1, -0.05) is 42.7 Å². The zero-order valence-corrected chi connectivity index (χ0v) is 14.3. The largest absolute Gasteiger partial charge is 0.370 e. The summed E-state index contributed by atoms with van der Waals surface area (Å²) >= 11 is 0. The second kappa shape index (κ2) is 6.99. The number of nitrogens with one attached hydrogen (secondary N) is 1. The Morgan fingerprint density at radius 1 is 1.12 bits per heavy atom. The van der Waals surface area contributed by atoms with Crippen LogP contribution in [0.5, 0.6) is 0 Å². The van der Waals surface area contributed by atoms with Crippen molar-refractivity contribution in [1.29, 1.82) is 0 Å². The molecular weight excluding hydrogens is 302 g/mol. The van der Waals surface area contributed by atoms with Gasteiger partial charge in [0.05, 0.1) is 19.3 Å². The van der Waals surface area contributed by atoms with Gasteiger partial charge in [-0.2, -0.15) is 0 Å². The smallest absolute Gasteiger partial charge is 0.214 e. The van der Waals surface area contributed by atoms with E-state index in [0.29, 0.717) is 6.04 Å². The van der Waals surface area contributed by atoms with Gasteiger partial charge in [0.15, 0.2) is 6.04 Å². The topological polar surface area (TPSA) is 57.3 Å². The first-order valence-corrected chi connectivity index (χ1v) is 9.09. The van der Waals surface area contributed by atoms with E-state index >= 15 is 0 Å². The van der Waals surface area contributed by atoms with E-state index in [-0.39, 0.29) is 6.04 Å². The fourth-order valence-electron chi connectivity index (χ4n) is 4.05. The molecule has 1 saturated heterocycles. The van der Waals surface area contributed by atoms with Gasteiger partial charge in [-0.15, -0.1) is 5.10 Å². The van der Waals surface area contributed by atoms with Crippen LogP contribution in [-0.4, -0.2) is 46.5 Å². The highest BCUT2D eigenvalue weighted by atomic mass is 16.5. The Hall–Kier alpha value is -1.79. The third-order valence-electron chi connectivity index (χ3n) is 5.40. The van der Waals surface area contributed by atoms with Gasteiger partial charge in [0.25, 0.3) is 0 Å². The van der Waals surface area contributed by atoms with Crippen LogP contribution in [-0.2, 0) is 4.74 Å². The zero-order valence-electron chi connectivity index (χ0n) is 14.3. The van der Waals surface area contributed by atoms with Crippen LogP contribution in [0.3, 0.4) is 0 Å². The van der Waals surface area contributed by atoms with E-state index in [4.69, 9.17) is 4.74 Å². The molecule has 2 aliphatic rings. The summed E-state index contributed by atoms with van der Waals surface area (Å²) in [7, 11) is 0.